The number of hydrogen-bond acceptors (Lipinski definition) is 4. The number of pyridine rings is 1. The third-order valence-electron chi connectivity index (χ3n) is 3.99. The van der Waals surface area contributed by atoms with E-state index in [-0.39, 0.29) is 24.1 Å². The molecule has 0 saturated heterocycles. The van der Waals surface area contributed by atoms with Gasteiger partial charge in [0.05, 0.1) is 17.4 Å². The number of aromatic nitrogens is 3. The molecule has 6 heteroatoms. The Morgan fingerprint density at radius 3 is 2.77 bits per heavy atom. The first-order valence-corrected chi connectivity index (χ1v) is 8.41. The van der Waals surface area contributed by atoms with E-state index in [1.54, 1.807) is 41.6 Å². The number of nitrogens with zero attached hydrogens (tertiary/aromatic N) is 3. The molecule has 0 aliphatic rings. The van der Waals surface area contributed by atoms with Crippen molar-refractivity contribution in [3.63, 3.8) is 0 Å². The quantitative estimate of drug-likeness (QED) is 0.719. The number of nitrogens with one attached hydrogen (secondary N) is 1. The van der Waals surface area contributed by atoms with Crippen molar-refractivity contribution in [2.45, 2.75) is 26.4 Å². The van der Waals surface area contributed by atoms with Crippen molar-refractivity contribution in [1.82, 2.24) is 19.9 Å². The SMILES string of the molecule is CC(C)N(Cc1nc2ccccc2c(=O)[nH]1)C(=O)/C=C\c1cccnc1. The van der Waals surface area contributed by atoms with Gasteiger partial charge in [0.15, 0.2) is 0 Å². The summed E-state index contributed by atoms with van der Waals surface area (Å²) in [7, 11) is 0. The van der Waals surface area contributed by atoms with Crippen LogP contribution in [-0.2, 0) is 11.3 Å². The Kier molecular flexibility index (Phi) is 5.22. The van der Waals surface area contributed by atoms with E-state index in [4.69, 9.17) is 0 Å². The molecule has 2 aromatic heterocycles. The standard InChI is InChI=1S/C20H20N4O2/c1-14(2)24(19(25)10-9-15-6-5-11-21-12-15)13-18-22-17-8-4-3-7-16(17)20(26)23-18/h3-12,14H,13H2,1-2H3,(H,22,23,26)/b10-9-. The highest BCUT2D eigenvalue weighted by atomic mass is 16.2. The minimum atomic E-state index is -0.201. The second-order valence-corrected chi connectivity index (χ2v) is 6.21. The monoisotopic (exact) mass is 348 g/mol. The number of carbonyl (C=O) groups is 1. The molecule has 3 aromatic rings. The fraction of sp³-hybridized carbons (Fsp3) is 0.200. The van der Waals surface area contributed by atoms with Gasteiger partial charge in [0, 0.05) is 24.5 Å². The number of rotatable bonds is 5. The molecule has 26 heavy (non-hydrogen) atoms. The Morgan fingerprint density at radius 2 is 2.04 bits per heavy atom. The number of benzene rings is 1. The van der Waals surface area contributed by atoms with Gasteiger partial charge in [0.2, 0.25) is 5.91 Å². The maximum Gasteiger partial charge on any atom is 0.258 e. The summed E-state index contributed by atoms with van der Waals surface area (Å²) in [4.78, 5) is 37.7. The summed E-state index contributed by atoms with van der Waals surface area (Å²) in [6, 6.07) is 10.8. The molecule has 0 aliphatic heterocycles. The molecule has 1 aromatic carbocycles. The lowest BCUT2D eigenvalue weighted by molar-refractivity contribution is -0.128. The maximum atomic E-state index is 12.6. The molecule has 2 heterocycles. The van der Waals surface area contributed by atoms with Gasteiger partial charge in [0.25, 0.3) is 5.56 Å². The smallest absolute Gasteiger partial charge is 0.258 e. The van der Waals surface area contributed by atoms with E-state index in [9.17, 15) is 9.59 Å². The molecule has 1 amide bonds. The van der Waals surface area contributed by atoms with E-state index in [2.05, 4.69) is 15.0 Å². The second kappa shape index (κ2) is 7.74. The van der Waals surface area contributed by atoms with E-state index in [0.29, 0.717) is 16.7 Å². The first kappa shape index (κ1) is 17.5. The Bertz CT molecular complexity index is 993. The van der Waals surface area contributed by atoms with Crippen LogP contribution in [0, 0.1) is 0 Å². The molecule has 3 rings (SSSR count). The van der Waals surface area contributed by atoms with Gasteiger partial charge in [0.1, 0.15) is 5.82 Å². The van der Waals surface area contributed by atoms with Crippen LogP contribution in [0.4, 0.5) is 0 Å². The molecular weight excluding hydrogens is 328 g/mol. The molecular formula is C20H20N4O2. The van der Waals surface area contributed by atoms with Crippen molar-refractivity contribution < 1.29 is 4.79 Å². The van der Waals surface area contributed by atoms with Gasteiger partial charge < -0.3 is 9.88 Å². The summed E-state index contributed by atoms with van der Waals surface area (Å²) in [6.07, 6.45) is 6.60. The number of aromatic amines is 1. The molecule has 0 bridgehead atoms. The van der Waals surface area contributed by atoms with Crippen LogP contribution in [0.2, 0.25) is 0 Å². The summed E-state index contributed by atoms with van der Waals surface area (Å²) in [5.74, 6) is 0.310. The van der Waals surface area contributed by atoms with E-state index >= 15 is 0 Å². The van der Waals surface area contributed by atoms with Crippen molar-refractivity contribution in [3.05, 3.63) is 76.6 Å². The minimum absolute atomic E-state index is 0.0437. The van der Waals surface area contributed by atoms with Gasteiger partial charge in [-0.25, -0.2) is 4.98 Å². The van der Waals surface area contributed by atoms with E-state index in [1.165, 1.54) is 6.08 Å². The topological polar surface area (TPSA) is 79.0 Å². The lowest BCUT2D eigenvalue weighted by Gasteiger charge is -2.25. The van der Waals surface area contributed by atoms with Gasteiger partial charge in [-0.05, 0) is 43.7 Å². The van der Waals surface area contributed by atoms with Crippen molar-refractivity contribution >= 4 is 22.9 Å². The van der Waals surface area contributed by atoms with Crippen LogP contribution in [0.25, 0.3) is 17.0 Å². The number of carbonyl (C=O) groups excluding carboxylic acids is 1. The lowest BCUT2D eigenvalue weighted by Crippen LogP contribution is -2.36. The first-order chi connectivity index (χ1) is 12.5. The Balaban J connectivity index is 1.84. The number of H-pyrrole nitrogens is 1. The fourth-order valence-corrected chi connectivity index (χ4v) is 2.62. The fourth-order valence-electron chi connectivity index (χ4n) is 2.62. The van der Waals surface area contributed by atoms with E-state index in [1.807, 2.05) is 32.0 Å². The van der Waals surface area contributed by atoms with Crippen LogP contribution >= 0.6 is 0 Å². The Labute approximate surface area is 151 Å². The molecule has 6 nitrogen and oxygen atoms in total. The molecule has 0 unspecified atom stereocenters. The zero-order chi connectivity index (χ0) is 18.5. The number of para-hydroxylation sites is 1. The van der Waals surface area contributed by atoms with Gasteiger partial charge in [-0.1, -0.05) is 18.2 Å². The molecule has 0 spiro atoms. The minimum Gasteiger partial charge on any atom is -0.329 e. The van der Waals surface area contributed by atoms with Crippen LogP contribution in [0.15, 0.2) is 59.7 Å². The summed E-state index contributed by atoms with van der Waals surface area (Å²) < 4.78 is 0. The Hall–Kier alpha value is -3.28. The number of amides is 1. The largest absolute Gasteiger partial charge is 0.329 e. The molecule has 0 atom stereocenters. The number of fused-ring (bicyclic) bond motifs is 1. The highest BCUT2D eigenvalue weighted by molar-refractivity contribution is 5.91. The molecule has 0 saturated carbocycles. The predicted molar refractivity (Wildman–Crippen MR) is 101 cm³/mol. The van der Waals surface area contributed by atoms with Crippen molar-refractivity contribution in [2.24, 2.45) is 0 Å². The van der Waals surface area contributed by atoms with E-state index in [0.717, 1.165) is 5.56 Å². The average molecular weight is 348 g/mol. The summed E-state index contributed by atoms with van der Waals surface area (Å²) in [6.45, 7) is 4.08. The van der Waals surface area contributed by atoms with Gasteiger partial charge in [-0.15, -0.1) is 0 Å². The van der Waals surface area contributed by atoms with Gasteiger partial charge >= 0.3 is 0 Å². The zero-order valence-corrected chi connectivity index (χ0v) is 14.7. The van der Waals surface area contributed by atoms with Crippen molar-refractivity contribution in [1.29, 1.82) is 0 Å². The number of hydrogen-bond donors (Lipinski definition) is 1. The van der Waals surface area contributed by atoms with Crippen molar-refractivity contribution in [3.8, 4) is 0 Å². The van der Waals surface area contributed by atoms with Crippen LogP contribution in [0.3, 0.4) is 0 Å². The molecule has 0 fully saturated rings. The van der Waals surface area contributed by atoms with Crippen LogP contribution < -0.4 is 5.56 Å². The summed E-state index contributed by atoms with van der Waals surface area (Å²) in [5, 5.41) is 0.537. The molecule has 132 valence electrons. The lowest BCUT2D eigenvalue weighted by atomic mass is 10.2. The van der Waals surface area contributed by atoms with Gasteiger partial charge in [-0.3, -0.25) is 14.6 Å². The molecule has 1 N–H and O–H groups in total. The van der Waals surface area contributed by atoms with Gasteiger partial charge in [-0.2, -0.15) is 0 Å². The zero-order valence-electron chi connectivity index (χ0n) is 14.7. The summed E-state index contributed by atoms with van der Waals surface area (Å²) >= 11 is 0. The average Bonchev–Trinajstić information content (AvgIpc) is 2.65. The second-order valence-electron chi connectivity index (χ2n) is 6.21. The first-order valence-electron chi connectivity index (χ1n) is 8.41. The van der Waals surface area contributed by atoms with Crippen molar-refractivity contribution in [2.75, 3.05) is 0 Å². The molecule has 0 radical (unpaired) electrons. The maximum absolute atomic E-state index is 12.6. The van der Waals surface area contributed by atoms with Crippen LogP contribution in [0.5, 0.6) is 0 Å². The third kappa shape index (κ3) is 4.03. The van der Waals surface area contributed by atoms with Crippen LogP contribution in [0.1, 0.15) is 25.2 Å². The van der Waals surface area contributed by atoms with Crippen LogP contribution in [-0.4, -0.2) is 31.8 Å². The van der Waals surface area contributed by atoms with E-state index < -0.39 is 0 Å². The highest BCUT2D eigenvalue weighted by Crippen LogP contribution is 2.10. The third-order valence-corrected chi connectivity index (χ3v) is 3.99. The highest BCUT2D eigenvalue weighted by Gasteiger charge is 2.17. The predicted octanol–water partition coefficient (Wildman–Crippen LogP) is 2.77. The molecule has 0 aliphatic carbocycles. The Morgan fingerprint density at radius 1 is 1.23 bits per heavy atom. The summed E-state index contributed by atoms with van der Waals surface area (Å²) in [5.41, 5.74) is 1.27. The normalized spacial score (nSPS) is 11.3.